The number of fused-ring (bicyclic) bond motifs is 1. The molecular formula is C20H24FNO3. The molecular weight excluding hydrogens is 321 g/mol. The van der Waals surface area contributed by atoms with Crippen LogP contribution in [0.5, 0.6) is 0 Å². The number of methoxy groups -OCH3 is 1. The van der Waals surface area contributed by atoms with Gasteiger partial charge in [0, 0.05) is 12.0 Å². The van der Waals surface area contributed by atoms with Crippen molar-refractivity contribution < 1.29 is 18.7 Å². The van der Waals surface area contributed by atoms with E-state index in [0.717, 1.165) is 19.3 Å². The van der Waals surface area contributed by atoms with Gasteiger partial charge in [0.1, 0.15) is 11.9 Å². The zero-order valence-electron chi connectivity index (χ0n) is 14.5. The largest absolute Gasteiger partial charge is 0.467 e. The van der Waals surface area contributed by atoms with E-state index in [9.17, 15) is 14.0 Å². The van der Waals surface area contributed by atoms with Gasteiger partial charge in [0.15, 0.2) is 0 Å². The summed E-state index contributed by atoms with van der Waals surface area (Å²) in [4.78, 5) is 27.2. The van der Waals surface area contributed by atoms with Crippen LogP contribution in [0.15, 0.2) is 24.3 Å². The van der Waals surface area contributed by atoms with E-state index in [1.165, 1.54) is 19.6 Å². The number of carbonyl (C=O) groups is 2. The number of rotatable bonds is 3. The monoisotopic (exact) mass is 345 g/mol. The van der Waals surface area contributed by atoms with Gasteiger partial charge in [-0.15, -0.1) is 0 Å². The maximum atomic E-state index is 14.0. The van der Waals surface area contributed by atoms with E-state index in [0.29, 0.717) is 24.3 Å². The fourth-order valence-electron chi connectivity index (χ4n) is 4.90. The van der Waals surface area contributed by atoms with Gasteiger partial charge in [-0.2, -0.15) is 0 Å². The molecule has 0 radical (unpaired) electrons. The van der Waals surface area contributed by atoms with Crippen molar-refractivity contribution in [2.75, 3.05) is 7.11 Å². The van der Waals surface area contributed by atoms with Crippen LogP contribution in [-0.2, 0) is 14.3 Å². The first-order chi connectivity index (χ1) is 12.1. The molecule has 4 nitrogen and oxygen atoms in total. The third-order valence-electron chi connectivity index (χ3n) is 6.23. The molecule has 3 fully saturated rings. The Hall–Kier alpha value is -1.91. The van der Waals surface area contributed by atoms with Crippen molar-refractivity contribution in [2.45, 2.75) is 56.5 Å². The summed E-state index contributed by atoms with van der Waals surface area (Å²) in [7, 11) is 1.38. The number of amides is 1. The number of benzene rings is 1. The Kier molecular flexibility index (Phi) is 4.26. The van der Waals surface area contributed by atoms with Gasteiger partial charge in [0.05, 0.1) is 7.11 Å². The van der Waals surface area contributed by atoms with Crippen LogP contribution < -0.4 is 0 Å². The summed E-state index contributed by atoms with van der Waals surface area (Å²) in [5.41, 5.74) is 0.620. The molecule has 1 aliphatic heterocycles. The normalized spacial score (nSPS) is 33.7. The second-order valence-electron chi connectivity index (χ2n) is 7.60. The van der Waals surface area contributed by atoms with Crippen molar-refractivity contribution in [2.24, 2.45) is 11.8 Å². The first kappa shape index (κ1) is 16.6. The fraction of sp³-hybridized carbons (Fsp3) is 0.600. The van der Waals surface area contributed by atoms with Crippen LogP contribution in [0.3, 0.4) is 0 Å². The highest BCUT2D eigenvalue weighted by Crippen LogP contribution is 2.51. The van der Waals surface area contributed by atoms with Crippen molar-refractivity contribution >= 4 is 11.9 Å². The number of hydrogen-bond acceptors (Lipinski definition) is 3. The maximum Gasteiger partial charge on any atom is 0.328 e. The lowest BCUT2D eigenvalue weighted by Gasteiger charge is -2.33. The molecule has 1 amide bonds. The molecule has 25 heavy (non-hydrogen) atoms. The summed E-state index contributed by atoms with van der Waals surface area (Å²) >= 11 is 0. The summed E-state index contributed by atoms with van der Waals surface area (Å²) in [5, 5.41) is 0. The summed E-state index contributed by atoms with van der Waals surface area (Å²) in [6.45, 7) is 0. The Morgan fingerprint density at radius 1 is 1.16 bits per heavy atom. The number of nitrogens with zero attached hydrogens (tertiary/aromatic N) is 1. The molecule has 2 saturated carbocycles. The Morgan fingerprint density at radius 3 is 2.68 bits per heavy atom. The molecule has 4 rings (SSSR count). The lowest BCUT2D eigenvalue weighted by molar-refractivity contribution is -0.153. The van der Waals surface area contributed by atoms with E-state index >= 15 is 0 Å². The number of carbonyl (C=O) groups excluding carboxylic acids is 2. The van der Waals surface area contributed by atoms with Gasteiger partial charge in [0.25, 0.3) is 0 Å². The third-order valence-corrected chi connectivity index (χ3v) is 6.23. The number of esters is 1. The Balaban J connectivity index is 1.55. The maximum absolute atomic E-state index is 14.0. The van der Waals surface area contributed by atoms with Gasteiger partial charge in [-0.1, -0.05) is 31.0 Å². The molecule has 134 valence electrons. The van der Waals surface area contributed by atoms with Gasteiger partial charge >= 0.3 is 5.97 Å². The Morgan fingerprint density at radius 2 is 1.92 bits per heavy atom. The number of likely N-dealkylation sites (tertiary alicyclic amines) is 1. The Bertz CT molecular complexity index is 691. The van der Waals surface area contributed by atoms with Gasteiger partial charge < -0.3 is 9.64 Å². The molecule has 0 bridgehead atoms. The van der Waals surface area contributed by atoms with Crippen LogP contribution in [-0.4, -0.2) is 36.0 Å². The number of halogens is 1. The van der Waals surface area contributed by atoms with Crippen LogP contribution in [0, 0.1) is 17.7 Å². The molecule has 0 N–H and O–H groups in total. The quantitative estimate of drug-likeness (QED) is 0.790. The van der Waals surface area contributed by atoms with Crippen molar-refractivity contribution in [3.63, 3.8) is 0 Å². The zero-order chi connectivity index (χ0) is 17.6. The lowest BCUT2D eigenvalue weighted by atomic mass is 9.84. The van der Waals surface area contributed by atoms with Crippen molar-refractivity contribution in [3.05, 3.63) is 35.6 Å². The van der Waals surface area contributed by atoms with E-state index in [-0.39, 0.29) is 35.6 Å². The van der Waals surface area contributed by atoms with Crippen LogP contribution in [0.25, 0.3) is 0 Å². The molecule has 1 heterocycles. The van der Waals surface area contributed by atoms with Crippen LogP contribution in [0.2, 0.25) is 0 Å². The zero-order valence-corrected chi connectivity index (χ0v) is 14.5. The van der Waals surface area contributed by atoms with E-state index < -0.39 is 6.04 Å². The summed E-state index contributed by atoms with van der Waals surface area (Å²) < 4.78 is 19.0. The molecule has 0 spiro atoms. The summed E-state index contributed by atoms with van der Waals surface area (Å²) in [6.07, 6.45) is 5.67. The summed E-state index contributed by atoms with van der Waals surface area (Å²) in [6, 6.07) is 6.36. The molecule has 3 aliphatic rings. The first-order valence-corrected chi connectivity index (χ1v) is 9.26. The van der Waals surface area contributed by atoms with E-state index in [2.05, 4.69) is 0 Å². The van der Waals surface area contributed by atoms with Gasteiger partial charge in [0.2, 0.25) is 5.91 Å². The fourth-order valence-corrected chi connectivity index (χ4v) is 4.90. The Labute approximate surface area is 147 Å². The van der Waals surface area contributed by atoms with Crippen molar-refractivity contribution in [3.8, 4) is 0 Å². The van der Waals surface area contributed by atoms with Crippen LogP contribution in [0.4, 0.5) is 4.39 Å². The minimum atomic E-state index is -0.465. The minimum Gasteiger partial charge on any atom is -0.467 e. The van der Waals surface area contributed by atoms with Crippen LogP contribution >= 0.6 is 0 Å². The van der Waals surface area contributed by atoms with E-state index in [4.69, 9.17) is 4.74 Å². The number of ether oxygens (including phenoxy) is 1. The van der Waals surface area contributed by atoms with Crippen molar-refractivity contribution in [1.82, 2.24) is 4.90 Å². The van der Waals surface area contributed by atoms with E-state index in [1.54, 1.807) is 17.0 Å². The second kappa shape index (κ2) is 6.43. The first-order valence-electron chi connectivity index (χ1n) is 9.26. The number of hydrogen-bond donors (Lipinski definition) is 0. The standard InChI is InChI=1S/C20H24FNO3/c1-25-20(24)18-10-12-6-2-5-9-17(12)22(18)19(23)15-11-14(15)13-7-3-4-8-16(13)21/h3-4,7-8,12,14-15,17-18H,2,5-6,9-11H2,1H3. The van der Waals surface area contributed by atoms with Gasteiger partial charge in [-0.25, -0.2) is 9.18 Å². The molecule has 0 aromatic heterocycles. The van der Waals surface area contributed by atoms with E-state index in [1.807, 2.05) is 6.07 Å². The highest BCUT2D eigenvalue weighted by atomic mass is 19.1. The molecule has 5 unspecified atom stereocenters. The SMILES string of the molecule is COC(=O)C1CC2CCCCC2N1C(=O)C1CC1c1ccccc1F. The smallest absolute Gasteiger partial charge is 0.328 e. The lowest BCUT2D eigenvalue weighted by Crippen LogP contribution is -2.47. The predicted octanol–water partition coefficient (Wildman–Crippen LogP) is 3.26. The molecule has 1 aromatic carbocycles. The highest BCUT2D eigenvalue weighted by molar-refractivity contribution is 5.89. The summed E-state index contributed by atoms with van der Waals surface area (Å²) in [5.74, 6) is -0.417. The second-order valence-corrected chi connectivity index (χ2v) is 7.60. The average molecular weight is 345 g/mol. The molecule has 5 heteroatoms. The van der Waals surface area contributed by atoms with Crippen molar-refractivity contribution in [1.29, 1.82) is 0 Å². The molecule has 2 aliphatic carbocycles. The highest BCUT2D eigenvalue weighted by Gasteiger charge is 2.54. The topological polar surface area (TPSA) is 46.6 Å². The van der Waals surface area contributed by atoms with Crippen LogP contribution in [0.1, 0.15) is 50.0 Å². The molecule has 1 aromatic rings. The minimum absolute atomic E-state index is 0.0121. The average Bonchev–Trinajstić information content (AvgIpc) is 3.33. The molecule has 5 atom stereocenters. The van der Waals surface area contributed by atoms with Gasteiger partial charge in [-0.3, -0.25) is 4.79 Å². The molecule has 1 saturated heterocycles. The third kappa shape index (κ3) is 2.83. The predicted molar refractivity (Wildman–Crippen MR) is 90.3 cm³/mol. The van der Waals surface area contributed by atoms with Gasteiger partial charge in [-0.05, 0) is 49.1 Å².